The Morgan fingerprint density at radius 1 is 1.44 bits per heavy atom. The second kappa shape index (κ2) is 8.72. The fraction of sp³-hybridized carbons (Fsp3) is 0.500. The monoisotopic (exact) mass is 358 g/mol. The molecule has 0 bridgehead atoms. The number of hydrogen-bond donors (Lipinski definition) is 1. The van der Waals surface area contributed by atoms with Gasteiger partial charge in [0.2, 0.25) is 0 Å². The molecule has 9 heteroatoms. The van der Waals surface area contributed by atoms with Gasteiger partial charge in [-0.2, -0.15) is 0 Å². The summed E-state index contributed by atoms with van der Waals surface area (Å²) in [7, 11) is 1.65. The predicted molar refractivity (Wildman–Crippen MR) is 83.3 cm³/mol. The standard InChI is InChI=1S/C16H20F2N2O5/c1-19(9-16(22)23)7-12-8-20(4-5-24-12)15(21)10-25-14-3-2-11(17)6-13(14)18/h2-3,6,12H,4-5,7-10H2,1H3,(H,22,23). The van der Waals surface area contributed by atoms with Crippen molar-refractivity contribution in [3.05, 3.63) is 29.8 Å². The summed E-state index contributed by atoms with van der Waals surface area (Å²) in [5.41, 5.74) is 0. The highest BCUT2D eigenvalue weighted by Crippen LogP contribution is 2.17. The SMILES string of the molecule is CN(CC(=O)O)CC1CN(C(=O)COc2ccc(F)cc2F)CCO1. The number of aliphatic carboxylic acids is 1. The highest BCUT2D eigenvalue weighted by Gasteiger charge is 2.26. The summed E-state index contributed by atoms with van der Waals surface area (Å²) in [6.07, 6.45) is -0.315. The number of likely N-dealkylation sites (N-methyl/N-ethyl adjacent to an activating group) is 1. The van der Waals surface area contributed by atoms with Crippen molar-refractivity contribution in [1.29, 1.82) is 0 Å². The van der Waals surface area contributed by atoms with Crippen molar-refractivity contribution in [2.75, 3.05) is 46.4 Å². The topological polar surface area (TPSA) is 79.3 Å². The molecular weight excluding hydrogens is 338 g/mol. The van der Waals surface area contributed by atoms with Gasteiger partial charge < -0.3 is 19.5 Å². The number of halogens is 2. The fourth-order valence-electron chi connectivity index (χ4n) is 2.52. The van der Waals surface area contributed by atoms with Gasteiger partial charge in [-0.25, -0.2) is 8.78 Å². The fourth-order valence-corrected chi connectivity index (χ4v) is 2.52. The maximum atomic E-state index is 13.5. The number of carbonyl (C=O) groups is 2. The minimum absolute atomic E-state index is 0.124. The number of hydrogen-bond acceptors (Lipinski definition) is 5. The van der Waals surface area contributed by atoms with Crippen molar-refractivity contribution in [2.24, 2.45) is 0 Å². The molecule has 0 saturated carbocycles. The first-order chi connectivity index (χ1) is 11.8. The van der Waals surface area contributed by atoms with Gasteiger partial charge >= 0.3 is 5.97 Å². The van der Waals surface area contributed by atoms with Gasteiger partial charge in [-0.1, -0.05) is 0 Å². The van der Waals surface area contributed by atoms with Gasteiger partial charge in [-0.3, -0.25) is 14.5 Å². The minimum Gasteiger partial charge on any atom is -0.481 e. The van der Waals surface area contributed by atoms with Gasteiger partial charge in [0.25, 0.3) is 5.91 Å². The number of carboxylic acid groups (broad SMARTS) is 1. The number of amides is 1. The summed E-state index contributed by atoms with van der Waals surface area (Å²) >= 11 is 0. The highest BCUT2D eigenvalue weighted by molar-refractivity contribution is 5.78. The first kappa shape index (κ1) is 19.1. The molecule has 1 aromatic rings. The molecule has 1 aliphatic rings. The van der Waals surface area contributed by atoms with Crippen LogP contribution in [-0.4, -0.2) is 79.3 Å². The average Bonchev–Trinajstić information content (AvgIpc) is 2.53. The summed E-state index contributed by atoms with van der Waals surface area (Å²) in [4.78, 5) is 26.0. The number of ether oxygens (including phenoxy) is 2. The van der Waals surface area contributed by atoms with Crippen molar-refractivity contribution in [2.45, 2.75) is 6.10 Å². The predicted octanol–water partition coefficient (Wildman–Crippen LogP) is 0.587. The molecule has 1 fully saturated rings. The van der Waals surface area contributed by atoms with Crippen molar-refractivity contribution >= 4 is 11.9 Å². The summed E-state index contributed by atoms with van der Waals surface area (Å²) < 4.78 is 37.0. The Morgan fingerprint density at radius 3 is 2.88 bits per heavy atom. The van der Waals surface area contributed by atoms with Gasteiger partial charge in [-0.05, 0) is 19.2 Å². The second-order valence-electron chi connectivity index (χ2n) is 5.79. The Hall–Kier alpha value is -2.26. The van der Waals surface area contributed by atoms with Crippen LogP contribution in [0.3, 0.4) is 0 Å². The Kier molecular flexibility index (Phi) is 6.65. The van der Waals surface area contributed by atoms with Gasteiger partial charge in [0, 0.05) is 25.7 Å². The van der Waals surface area contributed by atoms with E-state index >= 15 is 0 Å². The summed E-state index contributed by atoms with van der Waals surface area (Å²) in [5, 5.41) is 8.75. The van der Waals surface area contributed by atoms with Crippen LogP contribution in [0.4, 0.5) is 8.78 Å². The van der Waals surface area contributed by atoms with Gasteiger partial charge in [-0.15, -0.1) is 0 Å². The van der Waals surface area contributed by atoms with E-state index in [0.717, 1.165) is 12.1 Å². The summed E-state index contributed by atoms with van der Waals surface area (Å²) in [5.74, 6) is -3.08. The first-order valence-corrected chi connectivity index (χ1v) is 7.72. The Labute approximate surface area is 143 Å². The van der Waals surface area contributed by atoms with Crippen LogP contribution in [0, 0.1) is 11.6 Å². The molecule has 138 valence electrons. The van der Waals surface area contributed by atoms with Crippen LogP contribution in [-0.2, 0) is 14.3 Å². The lowest BCUT2D eigenvalue weighted by Gasteiger charge is -2.34. The molecular formula is C16H20F2N2O5. The van der Waals surface area contributed by atoms with Crippen LogP contribution < -0.4 is 4.74 Å². The van der Waals surface area contributed by atoms with E-state index in [4.69, 9.17) is 14.6 Å². The summed E-state index contributed by atoms with van der Waals surface area (Å²) in [6, 6.07) is 2.86. The average molecular weight is 358 g/mol. The zero-order chi connectivity index (χ0) is 18.4. The number of morpholine rings is 1. The molecule has 7 nitrogen and oxygen atoms in total. The minimum atomic E-state index is -0.944. The molecule has 2 rings (SSSR count). The van der Waals surface area contributed by atoms with Crippen LogP contribution in [0.2, 0.25) is 0 Å². The Bertz CT molecular complexity index is 629. The molecule has 0 aromatic heterocycles. The van der Waals surface area contributed by atoms with E-state index in [9.17, 15) is 18.4 Å². The lowest BCUT2D eigenvalue weighted by atomic mass is 10.2. The van der Waals surface area contributed by atoms with Gasteiger partial charge in [0.15, 0.2) is 18.2 Å². The van der Waals surface area contributed by atoms with E-state index in [1.807, 2.05) is 0 Å². The molecule has 1 N–H and O–H groups in total. The van der Waals surface area contributed by atoms with Crippen molar-refractivity contribution in [3.63, 3.8) is 0 Å². The van der Waals surface area contributed by atoms with Crippen molar-refractivity contribution < 1.29 is 33.0 Å². The molecule has 1 unspecified atom stereocenters. The smallest absolute Gasteiger partial charge is 0.317 e. The zero-order valence-corrected chi connectivity index (χ0v) is 13.8. The van der Waals surface area contributed by atoms with Gasteiger partial charge in [0.05, 0.1) is 19.3 Å². The zero-order valence-electron chi connectivity index (χ0n) is 13.8. The third-order valence-electron chi connectivity index (χ3n) is 3.66. The van der Waals surface area contributed by atoms with E-state index in [1.165, 1.54) is 4.90 Å². The van der Waals surface area contributed by atoms with Crippen LogP contribution in [0.15, 0.2) is 18.2 Å². The summed E-state index contributed by atoms with van der Waals surface area (Å²) in [6.45, 7) is 0.845. The molecule has 1 aromatic carbocycles. The van der Waals surface area contributed by atoms with Crippen LogP contribution in [0.1, 0.15) is 0 Å². The lowest BCUT2D eigenvalue weighted by molar-refractivity contribution is -0.143. The molecule has 1 amide bonds. The van der Waals surface area contributed by atoms with Crippen molar-refractivity contribution in [3.8, 4) is 5.75 Å². The number of rotatable bonds is 7. The Balaban J connectivity index is 1.83. The molecule has 1 aliphatic heterocycles. The van der Waals surface area contributed by atoms with E-state index in [-0.39, 0.29) is 37.5 Å². The molecule has 0 radical (unpaired) electrons. The lowest BCUT2D eigenvalue weighted by Crippen LogP contribution is -2.50. The number of carboxylic acids is 1. The number of nitrogens with zero attached hydrogens (tertiary/aromatic N) is 2. The largest absolute Gasteiger partial charge is 0.481 e. The van der Waals surface area contributed by atoms with Crippen LogP contribution in [0.5, 0.6) is 5.75 Å². The third kappa shape index (κ3) is 5.95. The Morgan fingerprint density at radius 2 is 2.20 bits per heavy atom. The van der Waals surface area contributed by atoms with E-state index in [1.54, 1.807) is 11.9 Å². The molecule has 0 spiro atoms. The molecule has 1 atom stereocenters. The third-order valence-corrected chi connectivity index (χ3v) is 3.66. The normalized spacial score (nSPS) is 17.6. The quantitative estimate of drug-likeness (QED) is 0.769. The second-order valence-corrected chi connectivity index (χ2v) is 5.79. The molecule has 25 heavy (non-hydrogen) atoms. The van der Waals surface area contributed by atoms with Crippen LogP contribution >= 0.6 is 0 Å². The van der Waals surface area contributed by atoms with E-state index in [2.05, 4.69) is 0 Å². The van der Waals surface area contributed by atoms with Crippen molar-refractivity contribution in [1.82, 2.24) is 9.80 Å². The highest BCUT2D eigenvalue weighted by atomic mass is 19.1. The maximum Gasteiger partial charge on any atom is 0.317 e. The van der Waals surface area contributed by atoms with Crippen LogP contribution in [0.25, 0.3) is 0 Å². The number of carbonyl (C=O) groups excluding carboxylic acids is 1. The first-order valence-electron chi connectivity index (χ1n) is 7.72. The maximum absolute atomic E-state index is 13.5. The van der Waals surface area contributed by atoms with E-state index in [0.29, 0.717) is 25.8 Å². The molecule has 0 aliphatic carbocycles. The number of benzene rings is 1. The molecule has 1 saturated heterocycles. The molecule has 1 heterocycles. The van der Waals surface area contributed by atoms with E-state index < -0.39 is 17.6 Å². The van der Waals surface area contributed by atoms with Gasteiger partial charge in [0.1, 0.15) is 5.82 Å².